The number of carbonyl (C=O) groups excluding carboxylic acids is 2. The second-order valence-electron chi connectivity index (χ2n) is 6.33. The Balaban J connectivity index is 1.72. The zero-order valence-corrected chi connectivity index (χ0v) is 17.1. The Labute approximate surface area is 174 Å². The number of alkyl halides is 3. The molecule has 0 N–H and O–H groups in total. The highest BCUT2D eigenvalue weighted by Crippen LogP contribution is 2.32. The zero-order chi connectivity index (χ0) is 20.3. The van der Waals surface area contributed by atoms with Gasteiger partial charge in [-0.2, -0.15) is 24.9 Å². The molecule has 0 aromatic heterocycles. The lowest BCUT2D eigenvalue weighted by atomic mass is 10.1. The van der Waals surface area contributed by atoms with Crippen LogP contribution in [0.3, 0.4) is 0 Å². The van der Waals surface area contributed by atoms with Crippen molar-refractivity contribution in [2.75, 3.05) is 36.2 Å². The molecule has 2 aliphatic heterocycles. The summed E-state index contributed by atoms with van der Waals surface area (Å²) in [5, 5.41) is 0.117. The monoisotopic (exact) mass is 450 g/mol. The van der Waals surface area contributed by atoms with Crippen LogP contribution < -0.4 is 0 Å². The van der Waals surface area contributed by atoms with Crippen molar-refractivity contribution in [3.63, 3.8) is 0 Å². The highest BCUT2D eigenvalue weighted by Gasteiger charge is 2.36. The average molecular weight is 451 g/mol. The second-order valence-corrected chi connectivity index (χ2v) is 8.96. The van der Waals surface area contributed by atoms with Gasteiger partial charge >= 0.3 is 6.18 Å². The number of hydrogen-bond donors (Lipinski definition) is 0. The topological polar surface area (TPSA) is 40.6 Å². The van der Waals surface area contributed by atoms with Crippen LogP contribution >= 0.6 is 35.1 Å². The number of amides is 2. The van der Waals surface area contributed by atoms with E-state index in [1.54, 1.807) is 16.7 Å². The molecule has 2 amide bonds. The average Bonchev–Trinajstić information content (AvgIpc) is 3.16. The standard InChI is InChI=1S/C18H18ClF3N2O2S2/c19-14-3-2-13(18(20,21)22)9-12(14)1-4-16(25)24-11-28-10-15(24)17(26)23-5-7-27-8-6-23/h1-4,9,15H,5-8,10-11H2/b4-1+. The first kappa shape index (κ1) is 21.4. The largest absolute Gasteiger partial charge is 0.416 e. The third-order valence-corrected chi connectivity index (χ3v) is 6.80. The van der Waals surface area contributed by atoms with Gasteiger partial charge in [-0.05, 0) is 29.8 Å². The Hall–Kier alpha value is -1.32. The highest BCUT2D eigenvalue weighted by atomic mass is 35.5. The molecule has 10 heteroatoms. The van der Waals surface area contributed by atoms with E-state index in [4.69, 9.17) is 11.6 Å². The minimum atomic E-state index is -4.49. The Morgan fingerprint density at radius 2 is 1.89 bits per heavy atom. The third kappa shape index (κ3) is 4.99. The lowest BCUT2D eigenvalue weighted by Gasteiger charge is -2.31. The fourth-order valence-corrected chi connectivity index (χ4v) is 5.20. The fraction of sp³-hybridized carbons (Fsp3) is 0.444. The van der Waals surface area contributed by atoms with Crippen LogP contribution in [0.15, 0.2) is 24.3 Å². The van der Waals surface area contributed by atoms with Crippen molar-refractivity contribution in [2.45, 2.75) is 12.2 Å². The van der Waals surface area contributed by atoms with Crippen molar-refractivity contribution in [1.29, 1.82) is 0 Å². The molecule has 28 heavy (non-hydrogen) atoms. The van der Waals surface area contributed by atoms with E-state index in [9.17, 15) is 22.8 Å². The summed E-state index contributed by atoms with van der Waals surface area (Å²) in [5.41, 5.74) is -0.732. The lowest BCUT2D eigenvalue weighted by Crippen LogP contribution is -2.50. The molecule has 1 unspecified atom stereocenters. The van der Waals surface area contributed by atoms with E-state index in [2.05, 4.69) is 0 Å². The molecule has 4 nitrogen and oxygen atoms in total. The summed E-state index contributed by atoms with van der Waals surface area (Å²) in [7, 11) is 0. The van der Waals surface area contributed by atoms with E-state index in [0.29, 0.717) is 24.7 Å². The van der Waals surface area contributed by atoms with Crippen LogP contribution in [-0.4, -0.2) is 63.9 Å². The fourth-order valence-electron chi connectivity index (χ4n) is 2.96. The van der Waals surface area contributed by atoms with Crippen molar-refractivity contribution in [3.8, 4) is 0 Å². The van der Waals surface area contributed by atoms with Gasteiger partial charge < -0.3 is 9.80 Å². The maximum atomic E-state index is 12.9. The van der Waals surface area contributed by atoms with Crippen LogP contribution in [0.4, 0.5) is 13.2 Å². The van der Waals surface area contributed by atoms with Gasteiger partial charge in [0.1, 0.15) is 6.04 Å². The molecule has 1 aromatic rings. The van der Waals surface area contributed by atoms with Gasteiger partial charge in [-0.15, -0.1) is 11.8 Å². The number of benzene rings is 1. The maximum absolute atomic E-state index is 12.9. The summed E-state index contributed by atoms with van der Waals surface area (Å²) >= 11 is 9.24. The van der Waals surface area contributed by atoms with E-state index in [-0.39, 0.29) is 16.5 Å². The summed E-state index contributed by atoms with van der Waals surface area (Å²) in [6.45, 7) is 1.34. The Morgan fingerprint density at radius 3 is 2.57 bits per heavy atom. The minimum absolute atomic E-state index is 0.0656. The number of hydrogen-bond acceptors (Lipinski definition) is 4. The summed E-state index contributed by atoms with van der Waals surface area (Å²) in [6.07, 6.45) is -2.05. The van der Waals surface area contributed by atoms with Crippen LogP contribution in [0.1, 0.15) is 11.1 Å². The predicted molar refractivity (Wildman–Crippen MR) is 107 cm³/mol. The molecule has 0 bridgehead atoms. The maximum Gasteiger partial charge on any atom is 0.416 e. The van der Waals surface area contributed by atoms with Gasteiger partial charge in [-0.1, -0.05) is 11.6 Å². The molecule has 2 heterocycles. The molecule has 1 aromatic carbocycles. The molecular formula is C18H18ClF3N2O2S2. The van der Waals surface area contributed by atoms with Gasteiger partial charge in [0.05, 0.1) is 11.4 Å². The first-order valence-electron chi connectivity index (χ1n) is 8.57. The number of carbonyl (C=O) groups is 2. The van der Waals surface area contributed by atoms with Crippen molar-refractivity contribution in [1.82, 2.24) is 9.80 Å². The van der Waals surface area contributed by atoms with Crippen molar-refractivity contribution in [3.05, 3.63) is 40.4 Å². The number of rotatable bonds is 3. The van der Waals surface area contributed by atoms with E-state index in [0.717, 1.165) is 29.7 Å². The zero-order valence-electron chi connectivity index (χ0n) is 14.7. The van der Waals surface area contributed by atoms with Crippen LogP contribution in [0.2, 0.25) is 5.02 Å². The van der Waals surface area contributed by atoms with E-state index in [1.807, 2.05) is 0 Å². The minimum Gasteiger partial charge on any atom is -0.339 e. The van der Waals surface area contributed by atoms with Crippen LogP contribution in [0.25, 0.3) is 6.08 Å². The third-order valence-electron chi connectivity index (χ3n) is 4.50. The second kappa shape index (κ2) is 9.00. The molecule has 2 saturated heterocycles. The van der Waals surface area contributed by atoms with Gasteiger partial charge in [0.25, 0.3) is 0 Å². The number of thioether (sulfide) groups is 2. The quantitative estimate of drug-likeness (QED) is 0.656. The first-order chi connectivity index (χ1) is 13.3. The van der Waals surface area contributed by atoms with Crippen molar-refractivity contribution in [2.24, 2.45) is 0 Å². The molecule has 3 rings (SSSR count). The van der Waals surface area contributed by atoms with Gasteiger partial charge in [0, 0.05) is 41.4 Å². The van der Waals surface area contributed by atoms with Crippen molar-refractivity contribution < 1.29 is 22.8 Å². The predicted octanol–water partition coefficient (Wildman–Crippen LogP) is 3.85. The summed E-state index contributed by atoms with van der Waals surface area (Å²) < 4.78 is 38.6. The SMILES string of the molecule is O=C(C1CSCN1C(=O)/C=C/c1cc(C(F)(F)F)ccc1Cl)N1CCSCC1. The Kier molecular flexibility index (Phi) is 6.88. The molecule has 152 valence electrons. The molecule has 2 fully saturated rings. The molecule has 0 aliphatic carbocycles. The van der Waals surface area contributed by atoms with Gasteiger partial charge in [0.2, 0.25) is 11.8 Å². The lowest BCUT2D eigenvalue weighted by molar-refractivity contribution is -0.141. The normalized spacial score (nSPS) is 20.8. The molecule has 2 aliphatic rings. The van der Waals surface area contributed by atoms with Crippen molar-refractivity contribution >= 4 is 53.0 Å². The molecule has 0 spiro atoms. The van der Waals surface area contributed by atoms with Gasteiger partial charge in [-0.3, -0.25) is 9.59 Å². The summed E-state index contributed by atoms with van der Waals surface area (Å²) in [6, 6.07) is 2.41. The summed E-state index contributed by atoms with van der Waals surface area (Å²) in [4.78, 5) is 28.6. The van der Waals surface area contributed by atoms with Crippen LogP contribution in [0, 0.1) is 0 Å². The Bertz CT molecular complexity index is 783. The highest BCUT2D eigenvalue weighted by molar-refractivity contribution is 7.99. The van der Waals surface area contributed by atoms with Gasteiger partial charge in [0.15, 0.2) is 0 Å². The Morgan fingerprint density at radius 1 is 1.18 bits per heavy atom. The number of halogens is 4. The molecule has 0 saturated carbocycles. The number of nitrogens with zero attached hydrogens (tertiary/aromatic N) is 2. The van der Waals surface area contributed by atoms with Crippen LogP contribution in [0.5, 0.6) is 0 Å². The summed E-state index contributed by atoms with van der Waals surface area (Å²) in [5.74, 6) is 2.18. The molecular weight excluding hydrogens is 433 g/mol. The van der Waals surface area contributed by atoms with E-state index in [1.165, 1.54) is 28.8 Å². The van der Waals surface area contributed by atoms with Crippen LogP contribution in [-0.2, 0) is 15.8 Å². The smallest absolute Gasteiger partial charge is 0.339 e. The van der Waals surface area contributed by atoms with E-state index < -0.39 is 23.7 Å². The first-order valence-corrected chi connectivity index (χ1v) is 11.3. The van der Waals surface area contributed by atoms with Gasteiger partial charge in [-0.25, -0.2) is 0 Å². The molecule has 1 atom stereocenters. The molecule has 0 radical (unpaired) electrons. The van der Waals surface area contributed by atoms with E-state index >= 15 is 0 Å².